The molecule has 1 aliphatic rings. The van der Waals surface area contributed by atoms with Gasteiger partial charge in [-0.15, -0.1) is 0 Å². The lowest BCUT2D eigenvalue weighted by molar-refractivity contribution is -0.145. The minimum atomic E-state index is -0.268. The Morgan fingerprint density at radius 2 is 0.885 bits per heavy atom. The van der Waals surface area contributed by atoms with Crippen molar-refractivity contribution in [3.05, 3.63) is 103 Å². The van der Waals surface area contributed by atoms with Crippen molar-refractivity contribution in [2.45, 2.75) is 32.3 Å². The first kappa shape index (κ1) is 38.6. The zero-order valence-electron chi connectivity index (χ0n) is 30.0. The number of carbonyl (C=O) groups is 2. The second-order valence-corrected chi connectivity index (χ2v) is 12.5. The minimum Gasteiger partial charge on any atom is -0.491 e. The highest BCUT2D eigenvalue weighted by Gasteiger charge is 2.32. The standard InChI is InChI=1S/C42H48O10/c1-45-23-25-47-27-28-50-38-17-11-33(12-18-38)35-15-21-40(22-16-35)52-42(44)37-9-7-36(8-10-37)41(43)51-39-19-13-34(14-20-39)32-5-3-31(4-6-32)29-49-30-48-26-24-46-2/h3-6,11-22,36-37H,7-10,23-30H2,1-2H3/t36-,37-. The lowest BCUT2D eigenvalue weighted by Gasteiger charge is -2.25. The van der Waals surface area contributed by atoms with Gasteiger partial charge in [0.2, 0.25) is 0 Å². The summed E-state index contributed by atoms with van der Waals surface area (Å²) >= 11 is 0. The number of esters is 2. The molecule has 10 heteroatoms. The Bertz CT molecular complexity index is 1500. The molecular formula is C42H48O10. The van der Waals surface area contributed by atoms with E-state index in [1.165, 1.54) is 0 Å². The lowest BCUT2D eigenvalue weighted by Crippen LogP contribution is -2.30. The second-order valence-electron chi connectivity index (χ2n) is 12.5. The fourth-order valence-electron chi connectivity index (χ4n) is 5.81. The normalized spacial score (nSPS) is 15.6. The Kier molecular flexibility index (Phi) is 15.7. The maximum atomic E-state index is 13.0. The fourth-order valence-corrected chi connectivity index (χ4v) is 5.81. The number of benzene rings is 4. The highest BCUT2D eigenvalue weighted by Crippen LogP contribution is 2.32. The zero-order chi connectivity index (χ0) is 36.4. The molecule has 10 nitrogen and oxygen atoms in total. The smallest absolute Gasteiger partial charge is 0.314 e. The van der Waals surface area contributed by atoms with E-state index in [1.54, 1.807) is 26.4 Å². The van der Waals surface area contributed by atoms with Gasteiger partial charge in [-0.2, -0.15) is 0 Å². The molecule has 4 aromatic carbocycles. The van der Waals surface area contributed by atoms with Gasteiger partial charge in [-0.25, -0.2) is 0 Å². The topological polar surface area (TPSA) is 108 Å². The molecule has 0 spiro atoms. The van der Waals surface area contributed by atoms with Gasteiger partial charge in [0.1, 0.15) is 30.6 Å². The van der Waals surface area contributed by atoms with Crippen LogP contribution >= 0.6 is 0 Å². The van der Waals surface area contributed by atoms with E-state index in [2.05, 4.69) is 0 Å². The van der Waals surface area contributed by atoms with Crippen molar-refractivity contribution in [3.8, 4) is 39.5 Å². The summed E-state index contributed by atoms with van der Waals surface area (Å²) in [6.07, 6.45) is 2.30. The summed E-state index contributed by atoms with van der Waals surface area (Å²) in [5, 5.41) is 0. The molecule has 0 atom stereocenters. The van der Waals surface area contributed by atoms with Crippen LogP contribution in [-0.4, -0.2) is 72.6 Å². The number of hydrogen-bond acceptors (Lipinski definition) is 10. The van der Waals surface area contributed by atoms with Gasteiger partial charge in [0, 0.05) is 14.2 Å². The Labute approximate surface area is 305 Å². The van der Waals surface area contributed by atoms with Crippen LogP contribution in [0.5, 0.6) is 17.2 Å². The monoisotopic (exact) mass is 712 g/mol. The zero-order valence-corrected chi connectivity index (χ0v) is 30.0. The number of hydrogen-bond donors (Lipinski definition) is 0. The lowest BCUT2D eigenvalue weighted by atomic mass is 9.82. The van der Waals surface area contributed by atoms with Gasteiger partial charge in [-0.1, -0.05) is 60.7 Å². The minimum absolute atomic E-state index is 0.220. The maximum Gasteiger partial charge on any atom is 0.314 e. The average Bonchev–Trinajstić information content (AvgIpc) is 3.19. The van der Waals surface area contributed by atoms with Gasteiger partial charge in [-0.3, -0.25) is 9.59 Å². The number of rotatable bonds is 20. The fraction of sp³-hybridized carbons (Fsp3) is 0.381. The first-order chi connectivity index (χ1) is 25.5. The van der Waals surface area contributed by atoms with Crippen LogP contribution < -0.4 is 14.2 Å². The molecule has 0 aliphatic heterocycles. The summed E-state index contributed by atoms with van der Waals surface area (Å²) in [7, 11) is 3.27. The molecule has 4 aromatic rings. The van der Waals surface area contributed by atoms with Crippen LogP contribution in [0.1, 0.15) is 31.2 Å². The predicted octanol–water partition coefficient (Wildman–Crippen LogP) is 7.52. The van der Waals surface area contributed by atoms with Crippen molar-refractivity contribution in [1.29, 1.82) is 0 Å². The van der Waals surface area contributed by atoms with Crippen molar-refractivity contribution in [2.24, 2.45) is 11.8 Å². The van der Waals surface area contributed by atoms with Crippen molar-refractivity contribution < 1.29 is 47.5 Å². The Balaban J connectivity index is 1.00. The van der Waals surface area contributed by atoms with E-state index in [4.69, 9.17) is 37.9 Å². The third-order valence-corrected chi connectivity index (χ3v) is 8.81. The van der Waals surface area contributed by atoms with Gasteiger partial charge in [-0.05, 0) is 89.9 Å². The van der Waals surface area contributed by atoms with Gasteiger partial charge in [0.15, 0.2) is 0 Å². The largest absolute Gasteiger partial charge is 0.491 e. The van der Waals surface area contributed by atoms with E-state index in [-0.39, 0.29) is 30.6 Å². The van der Waals surface area contributed by atoms with Gasteiger partial charge in [0.25, 0.3) is 0 Å². The number of methoxy groups -OCH3 is 2. The van der Waals surface area contributed by atoms with E-state index in [1.807, 2.05) is 84.9 Å². The molecule has 0 radical (unpaired) electrons. The van der Waals surface area contributed by atoms with Crippen molar-refractivity contribution in [2.75, 3.05) is 60.7 Å². The van der Waals surface area contributed by atoms with Crippen LogP contribution in [0.15, 0.2) is 97.1 Å². The molecule has 1 saturated carbocycles. The highest BCUT2D eigenvalue weighted by molar-refractivity contribution is 5.78. The molecule has 0 amide bonds. The number of carbonyl (C=O) groups excluding carboxylic acids is 2. The molecule has 0 heterocycles. The molecule has 0 N–H and O–H groups in total. The Morgan fingerprint density at radius 3 is 1.35 bits per heavy atom. The molecule has 0 bridgehead atoms. The molecule has 52 heavy (non-hydrogen) atoms. The van der Waals surface area contributed by atoms with E-state index < -0.39 is 0 Å². The van der Waals surface area contributed by atoms with Crippen molar-refractivity contribution in [3.63, 3.8) is 0 Å². The SMILES string of the molecule is COCCOCCOc1ccc(-c2ccc(OC(=O)[C@H]3CC[C@H](C(=O)Oc4ccc(-c5ccc(COCOCCOC)cc5)cc4)CC3)cc2)cc1. The third kappa shape index (κ3) is 12.3. The summed E-state index contributed by atoms with van der Waals surface area (Å²) in [5.41, 5.74) is 5.13. The van der Waals surface area contributed by atoms with Gasteiger partial charge >= 0.3 is 11.9 Å². The van der Waals surface area contributed by atoms with E-state index in [0.717, 1.165) is 33.6 Å². The molecule has 0 aromatic heterocycles. The summed E-state index contributed by atoms with van der Waals surface area (Å²) < 4.78 is 43.3. The molecular weight excluding hydrogens is 664 g/mol. The van der Waals surface area contributed by atoms with Gasteiger partial charge in [0.05, 0.1) is 51.5 Å². The van der Waals surface area contributed by atoms with E-state index in [9.17, 15) is 9.59 Å². The average molecular weight is 713 g/mol. The first-order valence-corrected chi connectivity index (χ1v) is 17.7. The van der Waals surface area contributed by atoms with E-state index in [0.29, 0.717) is 83.4 Å². The second kappa shape index (κ2) is 21.1. The number of ether oxygens (including phenoxy) is 8. The van der Waals surface area contributed by atoms with Crippen LogP contribution in [-0.2, 0) is 39.9 Å². The van der Waals surface area contributed by atoms with Gasteiger partial charge < -0.3 is 37.9 Å². The summed E-state index contributed by atoms with van der Waals surface area (Å²) in [5.74, 6) is 0.719. The van der Waals surface area contributed by atoms with Crippen LogP contribution in [0.2, 0.25) is 0 Å². The molecule has 5 rings (SSSR count). The molecule has 0 saturated heterocycles. The molecule has 0 unspecified atom stereocenters. The highest BCUT2D eigenvalue weighted by atomic mass is 16.7. The van der Waals surface area contributed by atoms with Crippen molar-refractivity contribution in [1.82, 2.24) is 0 Å². The Hall–Kier alpha value is -4.58. The summed E-state index contributed by atoms with van der Waals surface area (Å²) in [6.45, 7) is 3.79. The van der Waals surface area contributed by atoms with E-state index >= 15 is 0 Å². The van der Waals surface area contributed by atoms with Crippen LogP contribution in [0.4, 0.5) is 0 Å². The molecule has 1 aliphatic carbocycles. The predicted molar refractivity (Wildman–Crippen MR) is 196 cm³/mol. The summed E-state index contributed by atoms with van der Waals surface area (Å²) in [4.78, 5) is 25.9. The maximum absolute atomic E-state index is 13.0. The van der Waals surface area contributed by atoms with Crippen LogP contribution in [0.3, 0.4) is 0 Å². The molecule has 1 fully saturated rings. The summed E-state index contributed by atoms with van der Waals surface area (Å²) in [6, 6.07) is 30.9. The van der Waals surface area contributed by atoms with Crippen molar-refractivity contribution >= 4 is 11.9 Å². The Morgan fingerprint density at radius 1 is 0.481 bits per heavy atom. The first-order valence-electron chi connectivity index (χ1n) is 17.7. The van der Waals surface area contributed by atoms with Crippen LogP contribution in [0, 0.1) is 11.8 Å². The van der Waals surface area contributed by atoms with Crippen LogP contribution in [0.25, 0.3) is 22.3 Å². The third-order valence-electron chi connectivity index (χ3n) is 8.81. The molecule has 276 valence electrons. The quantitative estimate of drug-likeness (QED) is 0.0395.